The van der Waals surface area contributed by atoms with Crippen molar-refractivity contribution in [3.63, 3.8) is 0 Å². The van der Waals surface area contributed by atoms with E-state index in [0.29, 0.717) is 6.42 Å². The second kappa shape index (κ2) is 2.63. The Hall–Kier alpha value is -1.31. The Morgan fingerprint density at radius 3 is 3.00 bits per heavy atom. The van der Waals surface area contributed by atoms with E-state index in [1.807, 2.05) is 12.1 Å². The van der Waals surface area contributed by atoms with Crippen LogP contribution in [0.1, 0.15) is 17.5 Å². The Bertz CT molecular complexity index is 331. The summed E-state index contributed by atoms with van der Waals surface area (Å²) >= 11 is 0. The average molecular weight is 161 g/mol. The summed E-state index contributed by atoms with van der Waals surface area (Å²) in [5.41, 5.74) is 3.50. The van der Waals surface area contributed by atoms with Crippen LogP contribution in [0.4, 0.5) is 5.69 Å². The van der Waals surface area contributed by atoms with Gasteiger partial charge in [0.25, 0.3) is 0 Å². The van der Waals surface area contributed by atoms with E-state index in [2.05, 4.69) is 18.3 Å². The lowest BCUT2D eigenvalue weighted by Crippen LogP contribution is -2.18. The predicted molar refractivity (Wildman–Crippen MR) is 48.1 cm³/mol. The zero-order chi connectivity index (χ0) is 8.55. The number of carbonyl (C=O) groups is 1. The Balaban J connectivity index is 2.43. The molecule has 0 atom stereocenters. The topological polar surface area (TPSA) is 29.1 Å². The van der Waals surface area contributed by atoms with E-state index in [0.717, 1.165) is 12.1 Å². The van der Waals surface area contributed by atoms with Crippen LogP contribution in [0.15, 0.2) is 18.2 Å². The number of nitrogens with one attached hydrogen (secondary N) is 1. The minimum Gasteiger partial charge on any atom is -0.326 e. The van der Waals surface area contributed by atoms with Crippen molar-refractivity contribution >= 4 is 11.6 Å². The van der Waals surface area contributed by atoms with Crippen LogP contribution in [0.5, 0.6) is 0 Å². The molecule has 62 valence electrons. The molecule has 0 unspecified atom stereocenters. The van der Waals surface area contributed by atoms with Crippen LogP contribution in [0, 0.1) is 6.92 Å². The van der Waals surface area contributed by atoms with Gasteiger partial charge in [-0.15, -0.1) is 0 Å². The number of aryl methyl sites for hydroxylation is 2. The van der Waals surface area contributed by atoms with E-state index in [9.17, 15) is 4.79 Å². The number of anilines is 1. The summed E-state index contributed by atoms with van der Waals surface area (Å²) in [5, 5.41) is 2.85. The number of rotatable bonds is 0. The number of benzene rings is 1. The molecule has 2 nitrogen and oxygen atoms in total. The van der Waals surface area contributed by atoms with Gasteiger partial charge in [0.2, 0.25) is 5.91 Å². The summed E-state index contributed by atoms with van der Waals surface area (Å²) in [6.07, 6.45) is 1.50. The van der Waals surface area contributed by atoms with Crippen molar-refractivity contribution in [2.75, 3.05) is 5.32 Å². The third-order valence-corrected chi connectivity index (χ3v) is 2.16. The lowest BCUT2D eigenvalue weighted by atomic mass is 10.0. The normalized spacial score (nSPS) is 15.2. The average Bonchev–Trinajstić information content (AvgIpc) is 2.05. The molecule has 1 aromatic rings. The highest BCUT2D eigenvalue weighted by Crippen LogP contribution is 2.22. The number of carbonyl (C=O) groups excluding carboxylic acids is 1. The first kappa shape index (κ1) is 7.35. The largest absolute Gasteiger partial charge is 0.326 e. The van der Waals surface area contributed by atoms with Crippen molar-refractivity contribution in [1.29, 1.82) is 0 Å². The molecule has 0 spiro atoms. The van der Waals surface area contributed by atoms with Crippen molar-refractivity contribution in [3.8, 4) is 0 Å². The lowest BCUT2D eigenvalue weighted by molar-refractivity contribution is -0.116. The van der Waals surface area contributed by atoms with Crippen LogP contribution in [-0.4, -0.2) is 5.91 Å². The summed E-state index contributed by atoms with van der Waals surface area (Å²) in [5.74, 6) is 0.131. The third-order valence-electron chi connectivity index (χ3n) is 2.16. The summed E-state index contributed by atoms with van der Waals surface area (Å²) in [6.45, 7) is 2.07. The maximum Gasteiger partial charge on any atom is 0.224 e. The molecule has 0 aliphatic carbocycles. The minimum atomic E-state index is 0.131. The van der Waals surface area contributed by atoms with Gasteiger partial charge in [-0.25, -0.2) is 0 Å². The predicted octanol–water partition coefficient (Wildman–Crippen LogP) is 1.88. The van der Waals surface area contributed by atoms with Gasteiger partial charge in [0.15, 0.2) is 0 Å². The fourth-order valence-corrected chi connectivity index (χ4v) is 1.51. The van der Waals surface area contributed by atoms with Gasteiger partial charge in [0.1, 0.15) is 0 Å². The Morgan fingerprint density at radius 1 is 1.33 bits per heavy atom. The van der Waals surface area contributed by atoms with E-state index in [1.165, 1.54) is 11.1 Å². The molecule has 0 fully saturated rings. The van der Waals surface area contributed by atoms with E-state index in [4.69, 9.17) is 0 Å². The van der Waals surface area contributed by atoms with Crippen molar-refractivity contribution in [2.24, 2.45) is 0 Å². The Morgan fingerprint density at radius 2 is 2.17 bits per heavy atom. The van der Waals surface area contributed by atoms with Gasteiger partial charge in [-0.1, -0.05) is 17.7 Å². The lowest BCUT2D eigenvalue weighted by Gasteiger charge is -2.16. The summed E-state index contributed by atoms with van der Waals surface area (Å²) in [7, 11) is 0. The summed E-state index contributed by atoms with van der Waals surface area (Å²) < 4.78 is 0. The first-order chi connectivity index (χ1) is 5.75. The molecule has 0 aromatic heterocycles. The van der Waals surface area contributed by atoms with Gasteiger partial charge in [-0.3, -0.25) is 4.79 Å². The zero-order valence-electron chi connectivity index (χ0n) is 7.05. The highest BCUT2D eigenvalue weighted by Gasteiger charge is 2.13. The quantitative estimate of drug-likeness (QED) is 0.618. The van der Waals surface area contributed by atoms with E-state index >= 15 is 0 Å². The van der Waals surface area contributed by atoms with Crippen LogP contribution in [-0.2, 0) is 11.2 Å². The van der Waals surface area contributed by atoms with Gasteiger partial charge in [0.05, 0.1) is 0 Å². The molecule has 1 aliphatic heterocycles. The van der Waals surface area contributed by atoms with E-state index < -0.39 is 0 Å². The molecule has 1 N–H and O–H groups in total. The van der Waals surface area contributed by atoms with Crippen molar-refractivity contribution < 1.29 is 4.79 Å². The number of hydrogen-bond acceptors (Lipinski definition) is 1. The maximum atomic E-state index is 11.0. The zero-order valence-corrected chi connectivity index (χ0v) is 7.05. The van der Waals surface area contributed by atoms with Gasteiger partial charge in [-0.2, -0.15) is 0 Å². The van der Waals surface area contributed by atoms with Gasteiger partial charge < -0.3 is 5.32 Å². The maximum absolute atomic E-state index is 11.0. The molecule has 2 heteroatoms. The molecule has 0 bridgehead atoms. The van der Waals surface area contributed by atoms with Crippen LogP contribution in [0.3, 0.4) is 0 Å². The molecular formula is C10H11NO. The van der Waals surface area contributed by atoms with Crippen LogP contribution in [0.2, 0.25) is 0 Å². The van der Waals surface area contributed by atoms with Crippen LogP contribution < -0.4 is 5.32 Å². The van der Waals surface area contributed by atoms with E-state index in [1.54, 1.807) is 0 Å². The fraction of sp³-hybridized carbons (Fsp3) is 0.300. The van der Waals surface area contributed by atoms with E-state index in [-0.39, 0.29) is 5.91 Å². The molecule has 12 heavy (non-hydrogen) atoms. The summed E-state index contributed by atoms with van der Waals surface area (Å²) in [4.78, 5) is 11.0. The molecule has 2 rings (SSSR count). The van der Waals surface area contributed by atoms with Gasteiger partial charge in [0, 0.05) is 12.1 Å². The highest BCUT2D eigenvalue weighted by atomic mass is 16.1. The van der Waals surface area contributed by atoms with Crippen molar-refractivity contribution in [1.82, 2.24) is 0 Å². The van der Waals surface area contributed by atoms with Crippen molar-refractivity contribution in [3.05, 3.63) is 29.3 Å². The van der Waals surface area contributed by atoms with Gasteiger partial charge >= 0.3 is 0 Å². The minimum absolute atomic E-state index is 0.131. The fourth-order valence-electron chi connectivity index (χ4n) is 1.51. The van der Waals surface area contributed by atoms with Crippen molar-refractivity contribution in [2.45, 2.75) is 19.8 Å². The third kappa shape index (κ3) is 1.20. The first-order valence-corrected chi connectivity index (χ1v) is 4.15. The molecule has 1 aromatic carbocycles. The SMILES string of the molecule is Cc1ccc2c(c1)CCC(=O)N2. The Labute approximate surface area is 71.6 Å². The molecule has 0 saturated carbocycles. The molecule has 1 heterocycles. The summed E-state index contributed by atoms with van der Waals surface area (Å²) in [6, 6.07) is 6.13. The molecule has 0 saturated heterocycles. The molecule has 1 aliphatic rings. The monoisotopic (exact) mass is 161 g/mol. The number of hydrogen-bond donors (Lipinski definition) is 1. The Kier molecular flexibility index (Phi) is 1.61. The number of fused-ring (bicyclic) bond motifs is 1. The molecule has 0 radical (unpaired) electrons. The second-order valence-corrected chi connectivity index (χ2v) is 3.21. The van der Waals surface area contributed by atoms with Crippen LogP contribution in [0.25, 0.3) is 0 Å². The molecular weight excluding hydrogens is 150 g/mol. The number of amides is 1. The smallest absolute Gasteiger partial charge is 0.224 e. The standard InChI is InChI=1S/C10H11NO/c1-7-2-4-9-8(6-7)3-5-10(12)11-9/h2,4,6H,3,5H2,1H3,(H,11,12). The second-order valence-electron chi connectivity index (χ2n) is 3.21. The van der Waals surface area contributed by atoms with Gasteiger partial charge in [-0.05, 0) is 25.0 Å². The van der Waals surface area contributed by atoms with Crippen LogP contribution >= 0.6 is 0 Å². The first-order valence-electron chi connectivity index (χ1n) is 4.15. The highest BCUT2D eigenvalue weighted by molar-refractivity contribution is 5.93. The molecule has 1 amide bonds.